The highest BCUT2D eigenvalue weighted by atomic mass is 32.2. The third kappa shape index (κ3) is 4.03. The molecule has 0 aliphatic carbocycles. The molecule has 0 aromatic carbocycles. The Balaban J connectivity index is 2.83. The van der Waals surface area contributed by atoms with E-state index in [4.69, 9.17) is 0 Å². The van der Waals surface area contributed by atoms with Crippen molar-refractivity contribution in [2.45, 2.75) is 0 Å². The zero-order valence-corrected chi connectivity index (χ0v) is 3.86. The average molecular weight is 111 g/mol. The Morgan fingerprint density at radius 2 is 2.17 bits per heavy atom. The van der Waals surface area contributed by atoms with E-state index in [0.29, 0.717) is 0 Å². The van der Waals surface area contributed by atoms with E-state index in [1.165, 1.54) is 0 Å². The maximum atomic E-state index is 9.25. The lowest BCUT2D eigenvalue weighted by molar-refractivity contribution is -0.174. The van der Waals surface area contributed by atoms with E-state index >= 15 is 0 Å². The van der Waals surface area contributed by atoms with E-state index < -0.39 is 11.4 Å². The van der Waals surface area contributed by atoms with Crippen LogP contribution < -0.4 is 0 Å². The fraction of sp³-hybridized carbons (Fsp3) is 1.00. The third-order valence-corrected chi connectivity index (χ3v) is 0.371. The Hall–Kier alpha value is 0.0300. The molecule has 0 aliphatic rings. The molecule has 0 N–H and O–H groups in total. The van der Waals surface area contributed by atoms with E-state index in [2.05, 4.69) is 9.22 Å². The van der Waals surface area contributed by atoms with Crippen LogP contribution in [0.3, 0.4) is 0 Å². The van der Waals surface area contributed by atoms with Gasteiger partial charge in [0.15, 0.2) is 0 Å². The molecular weight excluding hydrogens is 108 g/mol. The minimum absolute atomic E-state index is 1.11. The summed E-state index contributed by atoms with van der Waals surface area (Å²) in [6.07, 6.45) is 0. The van der Waals surface area contributed by atoms with Crippen LogP contribution in [0, 0.1) is 0 Å². The van der Waals surface area contributed by atoms with Crippen molar-refractivity contribution in [1.29, 1.82) is 0 Å². The number of hydrogen-bond acceptors (Lipinski definition) is 3. The van der Waals surface area contributed by atoms with Crippen LogP contribution in [0.5, 0.6) is 0 Å². The van der Waals surface area contributed by atoms with Gasteiger partial charge in [-0.25, -0.2) is 4.89 Å². The van der Waals surface area contributed by atoms with E-state index in [1.54, 1.807) is 0 Å². The summed E-state index contributed by atoms with van der Waals surface area (Å²) >= 11 is -2.54. The van der Waals surface area contributed by atoms with Gasteiger partial charge in [0.2, 0.25) is 0 Å². The molecule has 0 saturated carbocycles. The van der Waals surface area contributed by atoms with Gasteiger partial charge in [0, 0.05) is 0 Å². The van der Waals surface area contributed by atoms with Crippen molar-refractivity contribution in [3.05, 3.63) is 0 Å². The summed E-state index contributed by atoms with van der Waals surface area (Å²) in [5.74, 6) is 0. The molecule has 0 spiro atoms. The Kier molecular flexibility index (Phi) is 3.24. The van der Waals surface area contributed by atoms with Gasteiger partial charge in [0.05, 0.1) is 7.11 Å². The molecule has 0 heterocycles. The second-order valence-corrected chi connectivity index (χ2v) is 0.983. The molecule has 0 saturated heterocycles. The van der Waals surface area contributed by atoms with Crippen molar-refractivity contribution < 1.29 is 18.0 Å². The zero-order valence-electron chi connectivity index (χ0n) is 3.04. The Bertz CT molecular complexity index is 51.5. The molecular formula is CH3O4S. The molecule has 4 nitrogen and oxygen atoms in total. The average Bonchev–Trinajstić information content (AvgIpc) is 1.35. The largest absolute Gasteiger partial charge is 0.363 e. The predicted octanol–water partition coefficient (Wildman–Crippen LogP) is -0.426. The molecule has 0 amide bonds. The molecule has 0 rings (SSSR count). The summed E-state index contributed by atoms with van der Waals surface area (Å²) in [7, 11) is 1.11. The quantitative estimate of drug-likeness (QED) is 0.359. The summed E-state index contributed by atoms with van der Waals surface area (Å²) < 4.78 is 22.0. The van der Waals surface area contributed by atoms with Crippen LogP contribution in [0.15, 0.2) is 0 Å². The molecule has 0 bridgehead atoms. The van der Waals surface area contributed by atoms with Crippen LogP contribution in [0.2, 0.25) is 0 Å². The first kappa shape index (κ1) is 6.03. The number of hydrogen-bond donors (Lipinski definition) is 0. The summed E-state index contributed by atoms with van der Waals surface area (Å²) in [4.78, 5) is 3.69. The van der Waals surface area contributed by atoms with Gasteiger partial charge < -0.3 is 0 Å². The van der Waals surface area contributed by atoms with Crippen molar-refractivity contribution in [2.75, 3.05) is 7.11 Å². The highest BCUT2D eigenvalue weighted by Gasteiger charge is 1.87. The van der Waals surface area contributed by atoms with Gasteiger partial charge in [0.1, 0.15) is 0 Å². The fourth-order valence-corrected chi connectivity index (χ4v) is 0.167. The van der Waals surface area contributed by atoms with Crippen LogP contribution in [0.4, 0.5) is 0 Å². The number of rotatable bonds is 2. The molecule has 37 valence electrons. The van der Waals surface area contributed by atoms with Crippen molar-refractivity contribution >= 4 is 11.4 Å². The fourth-order valence-electron chi connectivity index (χ4n) is 0.0556. The van der Waals surface area contributed by atoms with Crippen LogP contribution >= 0.6 is 0 Å². The lowest BCUT2D eigenvalue weighted by Gasteiger charge is -1.82. The van der Waals surface area contributed by atoms with E-state index in [0.717, 1.165) is 7.11 Å². The van der Waals surface area contributed by atoms with Crippen LogP contribution in [-0.2, 0) is 25.1 Å². The minimum Gasteiger partial charge on any atom is -0.223 e. The Labute approximate surface area is 37.5 Å². The van der Waals surface area contributed by atoms with Gasteiger partial charge in [-0.05, 0) is 0 Å². The molecule has 0 aliphatic heterocycles. The zero-order chi connectivity index (χ0) is 4.99. The van der Waals surface area contributed by atoms with Gasteiger partial charge >= 0.3 is 11.4 Å². The van der Waals surface area contributed by atoms with E-state index in [1.807, 2.05) is 0 Å². The lowest BCUT2D eigenvalue weighted by Crippen LogP contribution is -1.89. The molecule has 0 aromatic rings. The second-order valence-electron chi connectivity index (χ2n) is 0.439. The molecule has 0 aromatic heterocycles. The second kappa shape index (κ2) is 3.23. The first-order chi connectivity index (χ1) is 2.77. The summed E-state index contributed by atoms with van der Waals surface area (Å²) in [5, 5.41) is 0. The SMILES string of the molecule is COOS([O])=O. The normalized spacial score (nSPS) is 14.3. The van der Waals surface area contributed by atoms with Gasteiger partial charge in [0.25, 0.3) is 0 Å². The standard InChI is InChI=1S/CH3O4S/c1-4-5-6(2)3/h1H3. The van der Waals surface area contributed by atoms with Crippen molar-refractivity contribution in [3.8, 4) is 0 Å². The lowest BCUT2D eigenvalue weighted by atomic mass is 11.8. The topological polar surface area (TPSA) is 55.4 Å². The van der Waals surface area contributed by atoms with E-state index in [-0.39, 0.29) is 0 Å². The van der Waals surface area contributed by atoms with Crippen molar-refractivity contribution in [1.82, 2.24) is 0 Å². The molecule has 1 radical (unpaired) electrons. The smallest absolute Gasteiger partial charge is 0.223 e. The van der Waals surface area contributed by atoms with Crippen molar-refractivity contribution in [3.63, 3.8) is 0 Å². The monoisotopic (exact) mass is 111 g/mol. The maximum absolute atomic E-state index is 9.25. The Morgan fingerprint density at radius 3 is 2.17 bits per heavy atom. The summed E-state index contributed by atoms with van der Waals surface area (Å²) in [6, 6.07) is 0. The van der Waals surface area contributed by atoms with Gasteiger partial charge in [-0.1, -0.05) is 4.55 Å². The maximum Gasteiger partial charge on any atom is 0.363 e. The third-order valence-electron chi connectivity index (χ3n) is 0.124. The van der Waals surface area contributed by atoms with Crippen LogP contribution in [0.1, 0.15) is 0 Å². The van der Waals surface area contributed by atoms with Gasteiger partial charge in [-0.2, -0.15) is 4.21 Å². The first-order valence-electron chi connectivity index (χ1n) is 1.07. The van der Waals surface area contributed by atoms with Gasteiger partial charge in [-0.15, -0.1) is 4.33 Å². The van der Waals surface area contributed by atoms with Crippen LogP contribution in [0.25, 0.3) is 0 Å². The molecule has 5 heteroatoms. The first-order valence-corrected chi connectivity index (χ1v) is 2.07. The highest BCUT2D eigenvalue weighted by molar-refractivity contribution is 7.73. The van der Waals surface area contributed by atoms with Crippen LogP contribution in [-0.4, -0.2) is 11.3 Å². The highest BCUT2D eigenvalue weighted by Crippen LogP contribution is 1.74. The van der Waals surface area contributed by atoms with Gasteiger partial charge in [-0.3, -0.25) is 0 Å². The molecule has 1 unspecified atom stereocenters. The minimum atomic E-state index is -2.54. The molecule has 0 fully saturated rings. The molecule has 1 atom stereocenters. The Morgan fingerprint density at radius 1 is 1.67 bits per heavy atom. The molecule has 6 heavy (non-hydrogen) atoms. The van der Waals surface area contributed by atoms with E-state index in [9.17, 15) is 8.76 Å². The summed E-state index contributed by atoms with van der Waals surface area (Å²) in [6.45, 7) is 0. The predicted molar refractivity (Wildman–Crippen MR) is 16.9 cm³/mol. The van der Waals surface area contributed by atoms with Crippen molar-refractivity contribution in [2.24, 2.45) is 0 Å². The summed E-state index contributed by atoms with van der Waals surface area (Å²) in [5.41, 5.74) is 0.